The highest BCUT2D eigenvalue weighted by Gasteiger charge is 2.08. The third-order valence-corrected chi connectivity index (χ3v) is 3.46. The summed E-state index contributed by atoms with van der Waals surface area (Å²) in [6.45, 7) is 6.20. The molecule has 0 bridgehead atoms. The van der Waals surface area contributed by atoms with Gasteiger partial charge in [-0.3, -0.25) is 0 Å². The third kappa shape index (κ3) is 1.88. The van der Waals surface area contributed by atoms with Gasteiger partial charge >= 0.3 is 0 Å². The van der Waals surface area contributed by atoms with E-state index in [0.29, 0.717) is 5.82 Å². The fourth-order valence-electron chi connectivity index (χ4n) is 1.58. The Morgan fingerprint density at radius 1 is 1.20 bits per heavy atom. The average Bonchev–Trinajstić information content (AvgIpc) is 2.46. The number of aromatic nitrogens is 1. The molecule has 1 aromatic heterocycles. The molecule has 0 aliphatic carbocycles. The van der Waals surface area contributed by atoms with Crippen molar-refractivity contribution in [3.8, 4) is 10.6 Å². The molecule has 0 amide bonds. The Morgan fingerprint density at radius 3 is 2.47 bits per heavy atom. The SMILES string of the molecule is Cc1ccc(-c2nc(N)c(C)s2)c(C)c1. The molecule has 0 saturated heterocycles. The van der Waals surface area contributed by atoms with Crippen LogP contribution in [0.5, 0.6) is 0 Å². The first-order valence-corrected chi connectivity index (χ1v) is 5.70. The molecule has 2 aromatic rings. The van der Waals surface area contributed by atoms with E-state index in [0.717, 1.165) is 9.88 Å². The third-order valence-electron chi connectivity index (χ3n) is 2.44. The zero-order chi connectivity index (χ0) is 11.0. The summed E-state index contributed by atoms with van der Waals surface area (Å²) in [5, 5.41) is 1.02. The summed E-state index contributed by atoms with van der Waals surface area (Å²) in [5.41, 5.74) is 9.47. The Labute approximate surface area is 93.8 Å². The molecule has 0 aliphatic heterocycles. The number of anilines is 1. The van der Waals surface area contributed by atoms with Gasteiger partial charge in [0.2, 0.25) is 0 Å². The van der Waals surface area contributed by atoms with Gasteiger partial charge in [-0.2, -0.15) is 0 Å². The van der Waals surface area contributed by atoms with Gasteiger partial charge in [0.1, 0.15) is 10.8 Å². The van der Waals surface area contributed by atoms with Crippen molar-refractivity contribution in [3.05, 3.63) is 34.2 Å². The lowest BCUT2D eigenvalue weighted by atomic mass is 10.1. The average molecular weight is 218 g/mol. The smallest absolute Gasteiger partial charge is 0.138 e. The molecule has 1 aromatic carbocycles. The number of aryl methyl sites for hydroxylation is 3. The molecule has 2 rings (SSSR count). The number of rotatable bonds is 1. The van der Waals surface area contributed by atoms with E-state index in [1.54, 1.807) is 11.3 Å². The molecular formula is C12H14N2S. The Kier molecular flexibility index (Phi) is 2.49. The first-order chi connectivity index (χ1) is 7.08. The Balaban J connectivity index is 2.54. The summed E-state index contributed by atoms with van der Waals surface area (Å²) in [7, 11) is 0. The van der Waals surface area contributed by atoms with Gasteiger partial charge in [-0.05, 0) is 26.3 Å². The Bertz CT molecular complexity index is 481. The highest BCUT2D eigenvalue weighted by atomic mass is 32.1. The van der Waals surface area contributed by atoms with Crippen LogP contribution in [0.15, 0.2) is 18.2 Å². The molecule has 0 saturated carbocycles. The van der Waals surface area contributed by atoms with Crippen LogP contribution < -0.4 is 5.73 Å². The van der Waals surface area contributed by atoms with Crippen LogP contribution in [-0.2, 0) is 0 Å². The van der Waals surface area contributed by atoms with Crippen LogP contribution in [0.25, 0.3) is 10.6 Å². The van der Waals surface area contributed by atoms with Gasteiger partial charge in [0, 0.05) is 10.4 Å². The van der Waals surface area contributed by atoms with Crippen molar-refractivity contribution in [2.24, 2.45) is 0 Å². The molecular weight excluding hydrogens is 204 g/mol. The van der Waals surface area contributed by atoms with Gasteiger partial charge in [0.05, 0.1) is 0 Å². The molecule has 0 atom stereocenters. The number of hydrogen-bond donors (Lipinski definition) is 1. The zero-order valence-electron chi connectivity index (χ0n) is 9.16. The quantitative estimate of drug-likeness (QED) is 0.797. The summed E-state index contributed by atoms with van der Waals surface area (Å²) >= 11 is 1.65. The molecule has 15 heavy (non-hydrogen) atoms. The van der Waals surface area contributed by atoms with E-state index in [-0.39, 0.29) is 0 Å². The van der Waals surface area contributed by atoms with Gasteiger partial charge in [-0.1, -0.05) is 23.8 Å². The number of benzene rings is 1. The van der Waals surface area contributed by atoms with Crippen molar-refractivity contribution in [2.75, 3.05) is 5.73 Å². The molecule has 3 heteroatoms. The summed E-state index contributed by atoms with van der Waals surface area (Å²) in [4.78, 5) is 5.46. The second-order valence-electron chi connectivity index (χ2n) is 3.78. The fraction of sp³-hybridized carbons (Fsp3) is 0.250. The van der Waals surface area contributed by atoms with E-state index in [2.05, 4.69) is 37.0 Å². The van der Waals surface area contributed by atoms with E-state index in [9.17, 15) is 0 Å². The van der Waals surface area contributed by atoms with E-state index < -0.39 is 0 Å². The first-order valence-electron chi connectivity index (χ1n) is 4.88. The second-order valence-corrected chi connectivity index (χ2v) is 4.98. The van der Waals surface area contributed by atoms with Crippen molar-refractivity contribution in [1.82, 2.24) is 4.98 Å². The van der Waals surface area contributed by atoms with Gasteiger partial charge < -0.3 is 5.73 Å². The van der Waals surface area contributed by atoms with Gasteiger partial charge in [0.25, 0.3) is 0 Å². The summed E-state index contributed by atoms with van der Waals surface area (Å²) in [5.74, 6) is 0.648. The topological polar surface area (TPSA) is 38.9 Å². The maximum Gasteiger partial charge on any atom is 0.138 e. The van der Waals surface area contributed by atoms with Crippen molar-refractivity contribution in [2.45, 2.75) is 20.8 Å². The standard InChI is InChI=1S/C12H14N2S/c1-7-4-5-10(8(2)6-7)12-14-11(13)9(3)15-12/h4-6H,13H2,1-3H3. The maximum absolute atomic E-state index is 5.76. The largest absolute Gasteiger partial charge is 0.383 e. The lowest BCUT2D eigenvalue weighted by Gasteiger charge is -2.02. The number of nitrogens with two attached hydrogens (primary N) is 1. The molecule has 0 spiro atoms. The van der Waals surface area contributed by atoms with Crippen LogP contribution in [0, 0.1) is 20.8 Å². The van der Waals surface area contributed by atoms with Crippen molar-refractivity contribution < 1.29 is 0 Å². The molecule has 0 unspecified atom stereocenters. The van der Waals surface area contributed by atoms with E-state index in [1.807, 2.05) is 6.92 Å². The molecule has 0 aliphatic rings. The highest BCUT2D eigenvalue weighted by molar-refractivity contribution is 7.15. The molecule has 0 fully saturated rings. The second kappa shape index (κ2) is 3.66. The number of hydrogen-bond acceptors (Lipinski definition) is 3. The Morgan fingerprint density at radius 2 is 1.93 bits per heavy atom. The van der Waals surface area contributed by atoms with E-state index in [4.69, 9.17) is 5.73 Å². The fourth-order valence-corrected chi connectivity index (χ4v) is 2.50. The maximum atomic E-state index is 5.76. The van der Waals surface area contributed by atoms with Crippen LogP contribution in [0.3, 0.4) is 0 Å². The molecule has 1 heterocycles. The predicted molar refractivity (Wildman–Crippen MR) is 66.2 cm³/mol. The molecule has 0 radical (unpaired) electrons. The monoisotopic (exact) mass is 218 g/mol. The summed E-state index contributed by atoms with van der Waals surface area (Å²) < 4.78 is 0. The minimum Gasteiger partial charge on any atom is -0.383 e. The summed E-state index contributed by atoms with van der Waals surface area (Å²) in [6, 6.07) is 6.39. The first kappa shape index (κ1) is 10.2. The zero-order valence-corrected chi connectivity index (χ0v) is 9.98. The lowest BCUT2D eigenvalue weighted by Crippen LogP contribution is -1.87. The molecule has 78 valence electrons. The lowest BCUT2D eigenvalue weighted by molar-refractivity contribution is 1.34. The van der Waals surface area contributed by atoms with Crippen LogP contribution in [0.4, 0.5) is 5.82 Å². The number of nitrogens with zero attached hydrogens (tertiary/aromatic N) is 1. The van der Waals surface area contributed by atoms with Crippen LogP contribution in [0.1, 0.15) is 16.0 Å². The van der Waals surface area contributed by atoms with Gasteiger partial charge in [-0.25, -0.2) is 4.98 Å². The van der Waals surface area contributed by atoms with Crippen molar-refractivity contribution >= 4 is 17.2 Å². The minimum absolute atomic E-state index is 0.648. The van der Waals surface area contributed by atoms with Crippen LogP contribution in [-0.4, -0.2) is 4.98 Å². The van der Waals surface area contributed by atoms with Crippen LogP contribution >= 0.6 is 11.3 Å². The predicted octanol–water partition coefficient (Wildman–Crippen LogP) is 3.32. The van der Waals surface area contributed by atoms with E-state index >= 15 is 0 Å². The molecule has 2 nitrogen and oxygen atoms in total. The highest BCUT2D eigenvalue weighted by Crippen LogP contribution is 2.31. The van der Waals surface area contributed by atoms with Crippen molar-refractivity contribution in [1.29, 1.82) is 0 Å². The van der Waals surface area contributed by atoms with Gasteiger partial charge in [-0.15, -0.1) is 11.3 Å². The normalized spacial score (nSPS) is 10.6. The number of nitrogen functional groups attached to an aromatic ring is 1. The van der Waals surface area contributed by atoms with Crippen molar-refractivity contribution in [3.63, 3.8) is 0 Å². The van der Waals surface area contributed by atoms with E-state index in [1.165, 1.54) is 16.7 Å². The molecule has 2 N–H and O–H groups in total. The summed E-state index contributed by atoms with van der Waals surface area (Å²) in [6.07, 6.45) is 0. The minimum atomic E-state index is 0.648. The number of thiazole rings is 1. The van der Waals surface area contributed by atoms with Gasteiger partial charge in [0.15, 0.2) is 0 Å². The van der Waals surface area contributed by atoms with Crippen LogP contribution in [0.2, 0.25) is 0 Å². The Hall–Kier alpha value is -1.35.